The van der Waals surface area contributed by atoms with Gasteiger partial charge in [-0.3, -0.25) is 4.99 Å². The molecule has 0 radical (unpaired) electrons. The molecule has 2 aliphatic rings. The first kappa shape index (κ1) is 13.8. The summed E-state index contributed by atoms with van der Waals surface area (Å²) in [6, 6.07) is 8.20. The van der Waals surface area contributed by atoms with Crippen LogP contribution in [0.15, 0.2) is 71.5 Å². The predicted octanol–water partition coefficient (Wildman–Crippen LogP) is 4.30. The molecule has 0 saturated heterocycles. The van der Waals surface area contributed by atoms with Crippen LogP contribution < -0.4 is 0 Å². The molecule has 3 heteroatoms. The normalized spacial score (nSPS) is 17.6. The molecule has 0 bridgehead atoms. The summed E-state index contributed by atoms with van der Waals surface area (Å²) in [5, 5.41) is 0. The number of halogens is 1. The molecule has 2 heterocycles. The zero-order chi connectivity index (χ0) is 12.4. The van der Waals surface area contributed by atoms with E-state index in [1.807, 2.05) is 48.8 Å². The van der Waals surface area contributed by atoms with Crippen LogP contribution in [0.2, 0.25) is 0 Å². The first-order valence-electron chi connectivity index (χ1n) is 5.97. The highest BCUT2D eigenvalue weighted by Crippen LogP contribution is 2.30. The standard InChI is InChI=1S/C16H14N2.HI/c1-18-10-8-13(9-11-18)6-7-14-12-17-16-5-3-2-4-15(14)16;/h2-12H,1H3;1H/b14-7+;. The van der Waals surface area contributed by atoms with Gasteiger partial charge in [-0.15, -0.1) is 24.0 Å². The molecule has 96 valence electrons. The summed E-state index contributed by atoms with van der Waals surface area (Å²) in [7, 11) is 2.02. The van der Waals surface area contributed by atoms with E-state index in [-0.39, 0.29) is 24.0 Å². The van der Waals surface area contributed by atoms with E-state index in [1.165, 1.54) is 16.7 Å². The van der Waals surface area contributed by atoms with Crippen molar-refractivity contribution < 1.29 is 0 Å². The van der Waals surface area contributed by atoms with Crippen LogP contribution in [-0.2, 0) is 0 Å². The van der Waals surface area contributed by atoms with Crippen LogP contribution in [0.3, 0.4) is 0 Å². The number of hydrogen-bond donors (Lipinski definition) is 0. The SMILES string of the molecule is CN1C=CC(=C/C=C2\C=Nc3ccccc32)C=C1.I. The Morgan fingerprint density at radius 3 is 2.58 bits per heavy atom. The Labute approximate surface area is 130 Å². The average Bonchev–Trinajstić information content (AvgIpc) is 2.82. The molecule has 0 fully saturated rings. The molecular formula is C16H15IN2. The first-order chi connectivity index (χ1) is 8.83. The highest BCUT2D eigenvalue weighted by Gasteiger charge is 2.09. The summed E-state index contributed by atoms with van der Waals surface area (Å²) < 4.78 is 0. The van der Waals surface area contributed by atoms with E-state index in [2.05, 4.69) is 35.4 Å². The first-order valence-corrected chi connectivity index (χ1v) is 5.97. The number of rotatable bonds is 1. The fourth-order valence-corrected chi connectivity index (χ4v) is 1.98. The van der Waals surface area contributed by atoms with Gasteiger partial charge >= 0.3 is 0 Å². The van der Waals surface area contributed by atoms with Crippen LogP contribution in [0.5, 0.6) is 0 Å². The summed E-state index contributed by atoms with van der Waals surface area (Å²) in [5.74, 6) is 0. The third-order valence-electron chi connectivity index (χ3n) is 3.02. The lowest BCUT2D eigenvalue weighted by molar-refractivity contribution is 0.620. The predicted molar refractivity (Wildman–Crippen MR) is 92.1 cm³/mol. The van der Waals surface area contributed by atoms with Crippen molar-refractivity contribution in [1.82, 2.24) is 4.90 Å². The third kappa shape index (κ3) is 3.04. The molecule has 2 aliphatic heterocycles. The molecular weight excluding hydrogens is 347 g/mol. The molecule has 0 atom stereocenters. The topological polar surface area (TPSA) is 15.6 Å². The van der Waals surface area contributed by atoms with Crippen LogP contribution >= 0.6 is 24.0 Å². The quantitative estimate of drug-likeness (QED) is 0.680. The molecule has 2 nitrogen and oxygen atoms in total. The monoisotopic (exact) mass is 362 g/mol. The second-order valence-electron chi connectivity index (χ2n) is 4.36. The summed E-state index contributed by atoms with van der Waals surface area (Å²) in [6.07, 6.45) is 14.4. The summed E-state index contributed by atoms with van der Waals surface area (Å²) in [4.78, 5) is 6.41. The molecule has 3 rings (SSSR count). The number of nitrogens with zero attached hydrogens (tertiary/aromatic N) is 2. The van der Waals surface area contributed by atoms with Gasteiger partial charge in [0.05, 0.1) is 5.69 Å². The smallest absolute Gasteiger partial charge is 0.0708 e. The number of para-hydroxylation sites is 1. The van der Waals surface area contributed by atoms with Gasteiger partial charge in [-0.1, -0.05) is 30.4 Å². The maximum absolute atomic E-state index is 4.39. The number of benzene rings is 1. The second kappa shape index (κ2) is 6.02. The minimum Gasteiger partial charge on any atom is -0.357 e. The number of fused-ring (bicyclic) bond motifs is 1. The molecule has 1 aromatic rings. The lowest BCUT2D eigenvalue weighted by Crippen LogP contribution is -2.02. The maximum Gasteiger partial charge on any atom is 0.0708 e. The summed E-state index contributed by atoms with van der Waals surface area (Å²) in [5.41, 5.74) is 4.61. The molecule has 1 aromatic carbocycles. The zero-order valence-electron chi connectivity index (χ0n) is 10.7. The second-order valence-corrected chi connectivity index (χ2v) is 4.36. The van der Waals surface area contributed by atoms with Gasteiger partial charge in [-0.05, 0) is 23.8 Å². The Bertz CT molecular complexity index is 605. The van der Waals surface area contributed by atoms with Crippen LogP contribution in [0.1, 0.15) is 5.56 Å². The largest absolute Gasteiger partial charge is 0.357 e. The zero-order valence-corrected chi connectivity index (χ0v) is 13.0. The minimum atomic E-state index is 0. The molecule has 0 aliphatic carbocycles. The van der Waals surface area contributed by atoms with Gasteiger partial charge < -0.3 is 4.90 Å². The maximum atomic E-state index is 4.39. The molecule has 19 heavy (non-hydrogen) atoms. The molecule has 0 N–H and O–H groups in total. The van der Waals surface area contributed by atoms with Crippen molar-refractivity contribution in [2.45, 2.75) is 0 Å². The van der Waals surface area contributed by atoms with Gasteiger partial charge in [0.25, 0.3) is 0 Å². The van der Waals surface area contributed by atoms with Crippen molar-refractivity contribution >= 4 is 41.5 Å². The minimum absolute atomic E-state index is 0. The Hall–Kier alpha value is -1.62. The Morgan fingerprint density at radius 1 is 1.05 bits per heavy atom. The molecule has 0 aromatic heterocycles. The van der Waals surface area contributed by atoms with Crippen LogP contribution in [0.25, 0.3) is 5.57 Å². The van der Waals surface area contributed by atoms with E-state index in [4.69, 9.17) is 0 Å². The van der Waals surface area contributed by atoms with Gasteiger partial charge in [-0.25, -0.2) is 0 Å². The van der Waals surface area contributed by atoms with Crippen molar-refractivity contribution in [1.29, 1.82) is 0 Å². The summed E-state index contributed by atoms with van der Waals surface area (Å²) in [6.45, 7) is 0. The molecule has 0 spiro atoms. The van der Waals surface area contributed by atoms with Crippen molar-refractivity contribution in [2.75, 3.05) is 7.05 Å². The van der Waals surface area contributed by atoms with Crippen molar-refractivity contribution in [2.24, 2.45) is 4.99 Å². The van der Waals surface area contributed by atoms with Gasteiger partial charge in [0, 0.05) is 36.8 Å². The van der Waals surface area contributed by atoms with Gasteiger partial charge in [0.1, 0.15) is 0 Å². The summed E-state index contributed by atoms with van der Waals surface area (Å²) >= 11 is 0. The molecule has 0 amide bonds. The van der Waals surface area contributed by atoms with Gasteiger partial charge in [0.15, 0.2) is 0 Å². The van der Waals surface area contributed by atoms with Crippen LogP contribution in [0.4, 0.5) is 5.69 Å². The molecule has 0 unspecified atom stereocenters. The van der Waals surface area contributed by atoms with Crippen molar-refractivity contribution in [3.63, 3.8) is 0 Å². The lowest BCUT2D eigenvalue weighted by atomic mass is 10.1. The number of aliphatic imine (C=N–C) groups is 1. The highest BCUT2D eigenvalue weighted by atomic mass is 127. The van der Waals surface area contributed by atoms with E-state index in [1.54, 1.807) is 0 Å². The Kier molecular flexibility index (Phi) is 4.37. The van der Waals surface area contributed by atoms with E-state index in [0.29, 0.717) is 0 Å². The van der Waals surface area contributed by atoms with E-state index >= 15 is 0 Å². The third-order valence-corrected chi connectivity index (χ3v) is 3.02. The van der Waals surface area contributed by atoms with E-state index in [0.717, 1.165) is 5.69 Å². The van der Waals surface area contributed by atoms with Crippen molar-refractivity contribution in [3.8, 4) is 0 Å². The lowest BCUT2D eigenvalue weighted by Gasteiger charge is -2.11. The van der Waals surface area contributed by atoms with Crippen molar-refractivity contribution in [3.05, 3.63) is 72.1 Å². The van der Waals surface area contributed by atoms with E-state index < -0.39 is 0 Å². The average molecular weight is 362 g/mol. The molecule has 0 saturated carbocycles. The highest BCUT2D eigenvalue weighted by molar-refractivity contribution is 14.0. The Balaban J connectivity index is 0.00000133. The number of allylic oxidation sites excluding steroid dienone is 6. The number of hydrogen-bond acceptors (Lipinski definition) is 2. The van der Waals surface area contributed by atoms with Gasteiger partial charge in [0.2, 0.25) is 0 Å². The van der Waals surface area contributed by atoms with E-state index in [9.17, 15) is 0 Å². The van der Waals surface area contributed by atoms with Crippen LogP contribution in [-0.4, -0.2) is 18.2 Å². The fourth-order valence-electron chi connectivity index (χ4n) is 1.98. The van der Waals surface area contributed by atoms with Crippen LogP contribution in [0, 0.1) is 0 Å². The van der Waals surface area contributed by atoms with Gasteiger partial charge in [-0.2, -0.15) is 0 Å². The Morgan fingerprint density at radius 2 is 1.79 bits per heavy atom. The fraction of sp³-hybridized carbons (Fsp3) is 0.0625.